The van der Waals surface area contributed by atoms with Crippen molar-refractivity contribution in [1.82, 2.24) is 4.90 Å². The molecule has 1 aromatic carbocycles. The molecule has 2 heterocycles. The number of nitriles is 1. The van der Waals surface area contributed by atoms with Crippen LogP contribution in [0.3, 0.4) is 0 Å². The summed E-state index contributed by atoms with van der Waals surface area (Å²) in [5, 5.41) is 13.1. The van der Waals surface area contributed by atoms with Gasteiger partial charge in [-0.3, -0.25) is 9.59 Å². The van der Waals surface area contributed by atoms with Crippen LogP contribution in [0, 0.1) is 11.3 Å². The molecule has 0 saturated heterocycles. The van der Waals surface area contributed by atoms with Crippen molar-refractivity contribution in [2.24, 2.45) is 0 Å². The molecule has 0 aliphatic carbocycles. The van der Waals surface area contributed by atoms with Crippen molar-refractivity contribution in [2.45, 2.75) is 52.0 Å². The molecule has 30 heavy (non-hydrogen) atoms. The van der Waals surface area contributed by atoms with Crippen molar-refractivity contribution >= 4 is 34.2 Å². The number of carbonyl (C=O) groups excluding carboxylic acids is 2. The second kappa shape index (κ2) is 10.7. The maximum absolute atomic E-state index is 12.5. The molecule has 6 heteroatoms. The first-order valence-corrected chi connectivity index (χ1v) is 11.3. The molecule has 5 nitrogen and oxygen atoms in total. The van der Waals surface area contributed by atoms with E-state index >= 15 is 0 Å². The van der Waals surface area contributed by atoms with Crippen LogP contribution in [0.4, 0.5) is 5.00 Å². The van der Waals surface area contributed by atoms with E-state index in [4.69, 9.17) is 0 Å². The van der Waals surface area contributed by atoms with Gasteiger partial charge in [-0.1, -0.05) is 56.5 Å². The number of hydrogen-bond acceptors (Lipinski definition) is 4. The number of nitrogens with one attached hydrogen (secondary N) is 1. The van der Waals surface area contributed by atoms with Gasteiger partial charge < -0.3 is 10.2 Å². The summed E-state index contributed by atoms with van der Waals surface area (Å²) in [6.07, 6.45) is 8.79. The zero-order valence-electron chi connectivity index (χ0n) is 17.3. The number of hydrogen-bond donors (Lipinski definition) is 1. The second-order valence-electron chi connectivity index (χ2n) is 7.43. The molecule has 0 radical (unpaired) electrons. The van der Waals surface area contributed by atoms with Crippen molar-refractivity contribution in [3.05, 3.63) is 58.0 Å². The Morgan fingerprint density at radius 1 is 1.23 bits per heavy atom. The third-order valence-electron chi connectivity index (χ3n) is 5.23. The number of nitrogens with zero attached hydrogens (tertiary/aromatic N) is 2. The Balaban J connectivity index is 1.64. The van der Waals surface area contributed by atoms with Crippen LogP contribution >= 0.6 is 11.3 Å². The van der Waals surface area contributed by atoms with Gasteiger partial charge >= 0.3 is 0 Å². The van der Waals surface area contributed by atoms with Gasteiger partial charge in [0.1, 0.15) is 11.1 Å². The highest BCUT2D eigenvalue weighted by atomic mass is 32.1. The molecule has 0 atom stereocenters. The molecule has 2 aromatic rings. The molecule has 1 N–H and O–H groups in total. The second-order valence-corrected chi connectivity index (χ2v) is 8.53. The first-order chi connectivity index (χ1) is 14.6. The Morgan fingerprint density at radius 3 is 2.77 bits per heavy atom. The molecule has 0 fully saturated rings. The highest BCUT2D eigenvalue weighted by Gasteiger charge is 2.27. The number of benzene rings is 1. The Morgan fingerprint density at radius 2 is 2.03 bits per heavy atom. The summed E-state index contributed by atoms with van der Waals surface area (Å²) in [4.78, 5) is 27.7. The monoisotopic (exact) mass is 421 g/mol. The number of unbranched alkanes of at least 4 members (excludes halogenated alkanes) is 3. The number of carbonyl (C=O) groups is 2. The van der Waals surface area contributed by atoms with Crippen molar-refractivity contribution < 1.29 is 9.59 Å². The summed E-state index contributed by atoms with van der Waals surface area (Å²) in [5.74, 6) is -0.0853. The SMILES string of the molecule is CCCCCCC(=O)N1CCc2c(sc(NC(=O)/C=C\c3ccccc3)c2C#N)C1. The number of thiophene rings is 1. The fraction of sp³-hybridized carbons (Fsp3) is 0.375. The zero-order valence-corrected chi connectivity index (χ0v) is 18.1. The third kappa shape index (κ3) is 5.58. The summed E-state index contributed by atoms with van der Waals surface area (Å²) >= 11 is 1.41. The van der Waals surface area contributed by atoms with E-state index in [2.05, 4.69) is 18.3 Å². The van der Waals surface area contributed by atoms with Crippen LogP contribution in [0.5, 0.6) is 0 Å². The van der Waals surface area contributed by atoms with Crippen LogP contribution in [0.2, 0.25) is 0 Å². The van der Waals surface area contributed by atoms with E-state index in [9.17, 15) is 14.9 Å². The summed E-state index contributed by atoms with van der Waals surface area (Å²) in [6, 6.07) is 11.8. The first kappa shape index (κ1) is 21.8. The molecule has 0 unspecified atom stereocenters. The van der Waals surface area contributed by atoms with E-state index in [1.807, 2.05) is 35.2 Å². The van der Waals surface area contributed by atoms with Gasteiger partial charge in [-0.05, 0) is 30.0 Å². The van der Waals surface area contributed by atoms with E-state index in [0.717, 1.165) is 41.7 Å². The Kier molecular flexibility index (Phi) is 7.81. The molecule has 3 rings (SSSR count). The minimum absolute atomic E-state index is 0.181. The number of fused-ring (bicyclic) bond motifs is 1. The van der Waals surface area contributed by atoms with E-state index in [1.165, 1.54) is 17.4 Å². The van der Waals surface area contributed by atoms with Crippen molar-refractivity contribution in [3.63, 3.8) is 0 Å². The summed E-state index contributed by atoms with van der Waals surface area (Å²) in [5.41, 5.74) is 2.44. The predicted molar refractivity (Wildman–Crippen MR) is 121 cm³/mol. The average molecular weight is 422 g/mol. The van der Waals surface area contributed by atoms with E-state index in [1.54, 1.807) is 6.08 Å². The quantitative estimate of drug-likeness (QED) is 0.474. The van der Waals surface area contributed by atoms with Gasteiger partial charge in [0.25, 0.3) is 0 Å². The van der Waals surface area contributed by atoms with Crippen LogP contribution in [-0.2, 0) is 22.6 Å². The average Bonchev–Trinajstić information content (AvgIpc) is 3.11. The van der Waals surface area contributed by atoms with Gasteiger partial charge in [0.15, 0.2) is 0 Å². The topological polar surface area (TPSA) is 73.2 Å². The fourth-order valence-electron chi connectivity index (χ4n) is 3.57. The third-order valence-corrected chi connectivity index (χ3v) is 6.36. The minimum atomic E-state index is -0.266. The standard InChI is InChI=1S/C24H27N3O2S/c1-2-3-4-8-11-23(29)27-15-14-19-20(16-25)24(30-21(19)17-27)26-22(28)13-12-18-9-6-5-7-10-18/h5-7,9-10,12-13H,2-4,8,11,14-15,17H2,1H3,(H,26,28)/b13-12-. The highest BCUT2D eigenvalue weighted by molar-refractivity contribution is 7.16. The van der Waals surface area contributed by atoms with Gasteiger partial charge in [0, 0.05) is 23.9 Å². The molecule has 156 valence electrons. The van der Waals surface area contributed by atoms with Crippen LogP contribution in [0.15, 0.2) is 36.4 Å². The smallest absolute Gasteiger partial charge is 0.249 e. The van der Waals surface area contributed by atoms with E-state index in [-0.39, 0.29) is 11.8 Å². The highest BCUT2D eigenvalue weighted by Crippen LogP contribution is 2.36. The Labute approximate surface area is 182 Å². The molecule has 2 amide bonds. The van der Waals surface area contributed by atoms with Crippen molar-refractivity contribution in [3.8, 4) is 6.07 Å². The summed E-state index contributed by atoms with van der Waals surface area (Å²) in [6.45, 7) is 3.31. The van der Waals surface area contributed by atoms with Crippen LogP contribution in [-0.4, -0.2) is 23.3 Å². The van der Waals surface area contributed by atoms with Gasteiger partial charge in [-0.2, -0.15) is 5.26 Å². The van der Waals surface area contributed by atoms with E-state index in [0.29, 0.717) is 36.5 Å². The largest absolute Gasteiger partial charge is 0.337 e. The molecule has 1 aliphatic rings. The lowest BCUT2D eigenvalue weighted by Crippen LogP contribution is -2.35. The number of amides is 2. The van der Waals surface area contributed by atoms with Gasteiger partial charge in [0.2, 0.25) is 11.8 Å². The Hall–Kier alpha value is -2.91. The fourth-order valence-corrected chi connectivity index (χ4v) is 4.79. The lowest BCUT2D eigenvalue weighted by molar-refractivity contribution is -0.132. The molecule has 1 aliphatic heterocycles. The lowest BCUT2D eigenvalue weighted by atomic mass is 10.0. The first-order valence-electron chi connectivity index (χ1n) is 10.5. The predicted octanol–water partition coefficient (Wildman–Crippen LogP) is 5.13. The molecular weight excluding hydrogens is 394 g/mol. The number of rotatable bonds is 8. The van der Waals surface area contributed by atoms with Crippen molar-refractivity contribution in [2.75, 3.05) is 11.9 Å². The van der Waals surface area contributed by atoms with Crippen LogP contribution in [0.25, 0.3) is 6.08 Å². The molecular formula is C24H27N3O2S. The van der Waals surface area contributed by atoms with Crippen LogP contribution < -0.4 is 5.32 Å². The van der Waals surface area contributed by atoms with Gasteiger partial charge in [-0.25, -0.2) is 0 Å². The lowest BCUT2D eigenvalue weighted by Gasteiger charge is -2.27. The molecule has 1 aromatic heterocycles. The van der Waals surface area contributed by atoms with Crippen LogP contribution in [0.1, 0.15) is 60.6 Å². The summed E-state index contributed by atoms with van der Waals surface area (Å²) < 4.78 is 0. The van der Waals surface area contributed by atoms with Gasteiger partial charge in [0.05, 0.1) is 12.1 Å². The number of anilines is 1. The molecule has 0 spiro atoms. The van der Waals surface area contributed by atoms with E-state index < -0.39 is 0 Å². The molecule has 0 bridgehead atoms. The molecule has 0 saturated carbocycles. The van der Waals surface area contributed by atoms with Crippen molar-refractivity contribution in [1.29, 1.82) is 5.26 Å². The van der Waals surface area contributed by atoms with Gasteiger partial charge in [-0.15, -0.1) is 11.3 Å². The zero-order chi connectivity index (χ0) is 21.3. The maximum Gasteiger partial charge on any atom is 0.249 e. The minimum Gasteiger partial charge on any atom is -0.337 e. The maximum atomic E-state index is 12.5. The Bertz CT molecular complexity index is 957. The summed E-state index contributed by atoms with van der Waals surface area (Å²) in [7, 11) is 0. The normalized spacial score (nSPS) is 13.1.